The van der Waals surface area contributed by atoms with Gasteiger partial charge in [-0.2, -0.15) is 52.7 Å². The van der Waals surface area contributed by atoms with Gasteiger partial charge in [0, 0.05) is 0 Å². The molecule has 2 nitrogen and oxygen atoms in total. The van der Waals surface area contributed by atoms with Crippen LogP contribution in [0.4, 0.5) is 70.2 Å². The minimum Gasteiger partial charge on any atom is -0.288 e. The molecule has 2 aliphatic carbocycles. The molecule has 0 aliphatic heterocycles. The lowest BCUT2D eigenvalue weighted by Gasteiger charge is -2.48. The van der Waals surface area contributed by atoms with Crippen LogP contribution in [0.15, 0.2) is 0 Å². The molecule has 32 heavy (non-hydrogen) atoms. The first-order chi connectivity index (χ1) is 13.8. The van der Waals surface area contributed by atoms with Crippen molar-refractivity contribution in [3.05, 3.63) is 33.9 Å². The summed E-state index contributed by atoms with van der Waals surface area (Å²) in [5, 5.41) is 0. The van der Waals surface area contributed by atoms with Crippen molar-refractivity contribution in [1.82, 2.24) is 0 Å². The molecule has 1 aromatic rings. The second-order valence-electron chi connectivity index (χ2n) is 7.00. The molecule has 0 aromatic heterocycles. The van der Waals surface area contributed by atoms with Crippen molar-refractivity contribution in [2.45, 2.75) is 47.1 Å². The van der Waals surface area contributed by atoms with Crippen LogP contribution >= 0.6 is 0 Å². The molecule has 0 bridgehead atoms. The molecule has 4 N–H and O–H groups in total. The Morgan fingerprint density at radius 1 is 0.375 bits per heavy atom. The van der Waals surface area contributed by atoms with E-state index in [4.69, 9.17) is 0 Å². The molecule has 18 heteroatoms. The van der Waals surface area contributed by atoms with Gasteiger partial charge in [-0.1, -0.05) is 0 Å². The second-order valence-corrected chi connectivity index (χ2v) is 7.00. The predicted molar refractivity (Wildman–Crippen MR) is 67.9 cm³/mol. The lowest BCUT2D eigenvalue weighted by atomic mass is 9.70. The van der Waals surface area contributed by atoms with Gasteiger partial charge in [0.15, 0.2) is 0 Å². The minimum absolute atomic E-state index is 3.77. The zero-order valence-electron chi connectivity index (χ0n) is 14.2. The van der Waals surface area contributed by atoms with Gasteiger partial charge in [0.1, 0.15) is 11.6 Å². The number of nitrogens with two attached hydrogens (primary N) is 2. The number of fused-ring (bicyclic) bond motifs is 2. The van der Waals surface area contributed by atoms with E-state index in [9.17, 15) is 70.2 Å². The van der Waals surface area contributed by atoms with Crippen LogP contribution < -0.4 is 11.5 Å². The number of hydrogen-bond donors (Lipinski definition) is 2. The molecule has 3 rings (SSSR count). The van der Waals surface area contributed by atoms with Gasteiger partial charge < -0.3 is 0 Å². The Morgan fingerprint density at radius 2 is 0.562 bits per heavy atom. The SMILES string of the molecule is NC1(F)C(F)(F)c2c(F)c3c(c(F)c2C(F)(F)C1(F)F)C(F)(F)C(N)(F)C(F)(F)C3(F)F. The summed E-state index contributed by atoms with van der Waals surface area (Å²) < 4.78 is 225. The Kier molecular flexibility index (Phi) is 4.28. The summed E-state index contributed by atoms with van der Waals surface area (Å²) in [7, 11) is 0. The molecule has 2 aliphatic rings. The van der Waals surface area contributed by atoms with Crippen molar-refractivity contribution < 1.29 is 70.2 Å². The molecule has 0 saturated heterocycles. The number of benzene rings is 1. The molecule has 0 radical (unpaired) electrons. The zero-order chi connectivity index (χ0) is 25.5. The van der Waals surface area contributed by atoms with Crippen molar-refractivity contribution >= 4 is 0 Å². The maximum Gasteiger partial charge on any atom is 0.367 e. The lowest BCUT2D eigenvalue weighted by Crippen LogP contribution is -2.73. The van der Waals surface area contributed by atoms with E-state index in [0.717, 1.165) is 0 Å². The van der Waals surface area contributed by atoms with Crippen molar-refractivity contribution in [3.63, 3.8) is 0 Å². The maximum atomic E-state index is 14.5. The van der Waals surface area contributed by atoms with E-state index in [1.54, 1.807) is 0 Å². The molecule has 2 atom stereocenters. The molecule has 2 unspecified atom stereocenters. The van der Waals surface area contributed by atoms with Gasteiger partial charge in [-0.05, 0) is 0 Å². The van der Waals surface area contributed by atoms with Gasteiger partial charge >= 0.3 is 35.5 Å². The molecule has 0 saturated carbocycles. The fourth-order valence-corrected chi connectivity index (χ4v) is 3.40. The summed E-state index contributed by atoms with van der Waals surface area (Å²) >= 11 is 0. The largest absolute Gasteiger partial charge is 0.367 e. The van der Waals surface area contributed by atoms with E-state index in [1.165, 1.54) is 0 Å². The van der Waals surface area contributed by atoms with Gasteiger partial charge in [-0.3, -0.25) is 11.5 Å². The number of alkyl halides is 14. The average Bonchev–Trinajstić information content (AvgIpc) is 2.58. The minimum atomic E-state index is -6.93. The van der Waals surface area contributed by atoms with Crippen LogP contribution in [-0.2, 0) is 23.7 Å². The quantitative estimate of drug-likeness (QED) is 0.391. The van der Waals surface area contributed by atoms with Crippen molar-refractivity contribution in [1.29, 1.82) is 0 Å². The van der Waals surface area contributed by atoms with E-state index >= 15 is 0 Å². The smallest absolute Gasteiger partial charge is 0.288 e. The highest BCUT2D eigenvalue weighted by Crippen LogP contribution is 2.68. The van der Waals surface area contributed by atoms with Crippen LogP contribution in [0, 0.1) is 11.6 Å². The van der Waals surface area contributed by atoms with Crippen LogP contribution in [0.1, 0.15) is 22.3 Å². The van der Waals surface area contributed by atoms with Crippen LogP contribution in [0.25, 0.3) is 0 Å². The Hall–Kier alpha value is -1.98. The number of hydrogen-bond acceptors (Lipinski definition) is 2. The highest BCUT2D eigenvalue weighted by atomic mass is 19.3. The fourth-order valence-electron chi connectivity index (χ4n) is 3.40. The van der Waals surface area contributed by atoms with Crippen molar-refractivity contribution in [3.8, 4) is 0 Å². The molecule has 0 heterocycles. The Balaban J connectivity index is 2.70. The first kappa shape index (κ1) is 24.7. The lowest BCUT2D eigenvalue weighted by molar-refractivity contribution is -0.351. The topological polar surface area (TPSA) is 52.0 Å². The Morgan fingerprint density at radius 3 is 0.781 bits per heavy atom. The summed E-state index contributed by atoms with van der Waals surface area (Å²) in [5.74, 6) is -61.3. The summed E-state index contributed by atoms with van der Waals surface area (Å²) in [5.41, 5.74) is -7.54. The number of rotatable bonds is 0. The van der Waals surface area contributed by atoms with Crippen LogP contribution in [0.3, 0.4) is 0 Å². The van der Waals surface area contributed by atoms with Gasteiger partial charge in [-0.15, -0.1) is 0 Å². The Bertz CT molecular complexity index is 866. The van der Waals surface area contributed by atoms with Crippen LogP contribution in [-0.4, -0.2) is 23.4 Å². The molecule has 0 amide bonds. The standard InChI is InChI=1S/C14H4F16N2/c15-5-1-3(9(21,22)13(29,31)11(25,26)7(1,17)18)6(16)2-4(5)10(23,24)14(30,32)12(27,28)8(2,19)20/h31-32H2. The summed E-state index contributed by atoms with van der Waals surface area (Å²) in [6.45, 7) is 0. The Labute approximate surface area is 164 Å². The molecular weight excluding hydrogens is 500 g/mol. The number of halogens is 16. The van der Waals surface area contributed by atoms with Crippen molar-refractivity contribution in [2.24, 2.45) is 11.5 Å². The van der Waals surface area contributed by atoms with Gasteiger partial charge in [-0.25, -0.2) is 17.6 Å². The van der Waals surface area contributed by atoms with E-state index in [0.29, 0.717) is 0 Å². The average molecular weight is 504 g/mol. The van der Waals surface area contributed by atoms with E-state index in [1.807, 2.05) is 0 Å². The third-order valence-corrected chi connectivity index (χ3v) is 5.25. The predicted octanol–water partition coefficient (Wildman–Crippen LogP) is 4.88. The summed E-state index contributed by atoms with van der Waals surface area (Å²) in [4.78, 5) is 0. The normalized spacial score (nSPS) is 35.1. The highest BCUT2D eigenvalue weighted by Gasteiger charge is 2.87. The van der Waals surface area contributed by atoms with E-state index < -0.39 is 81.0 Å². The van der Waals surface area contributed by atoms with E-state index in [-0.39, 0.29) is 0 Å². The maximum absolute atomic E-state index is 14.5. The highest BCUT2D eigenvalue weighted by molar-refractivity contribution is 5.56. The second kappa shape index (κ2) is 5.56. The van der Waals surface area contributed by atoms with E-state index in [2.05, 4.69) is 11.5 Å². The van der Waals surface area contributed by atoms with Gasteiger partial charge in [0.25, 0.3) is 11.6 Å². The van der Waals surface area contributed by atoms with Gasteiger partial charge in [0.2, 0.25) is 0 Å². The summed E-state index contributed by atoms with van der Waals surface area (Å²) in [6.07, 6.45) is 0. The third-order valence-electron chi connectivity index (χ3n) is 5.25. The van der Waals surface area contributed by atoms with Crippen LogP contribution in [0.2, 0.25) is 0 Å². The summed E-state index contributed by atoms with van der Waals surface area (Å²) in [6, 6.07) is 0. The van der Waals surface area contributed by atoms with Crippen LogP contribution in [0.5, 0.6) is 0 Å². The molecule has 182 valence electrons. The van der Waals surface area contributed by atoms with Gasteiger partial charge in [0.05, 0.1) is 22.3 Å². The third kappa shape index (κ3) is 2.04. The zero-order valence-corrected chi connectivity index (χ0v) is 14.2. The first-order valence-corrected chi connectivity index (χ1v) is 7.60. The molecule has 1 aromatic carbocycles. The fraction of sp³-hybridized carbons (Fsp3) is 0.571. The monoisotopic (exact) mass is 504 g/mol. The molecule has 0 spiro atoms. The molecule has 0 fully saturated rings. The molecular formula is C14H4F16N2. The van der Waals surface area contributed by atoms with Crippen molar-refractivity contribution in [2.75, 3.05) is 0 Å². The first-order valence-electron chi connectivity index (χ1n) is 7.60.